The number of benzene rings is 2. The molecule has 0 spiro atoms. The van der Waals surface area contributed by atoms with E-state index in [1.807, 2.05) is 61.8 Å². The minimum Gasteiger partial charge on any atom is -0.397 e. The van der Waals surface area contributed by atoms with Gasteiger partial charge in [-0.3, -0.25) is 19.9 Å². The number of hydrogen-bond acceptors (Lipinski definition) is 12. The Morgan fingerprint density at radius 1 is 0.519 bits per heavy atom. The maximum atomic E-state index is 15.3. The highest BCUT2D eigenvalue weighted by atomic mass is 35.5. The van der Waals surface area contributed by atoms with Crippen molar-refractivity contribution in [1.29, 1.82) is 0 Å². The van der Waals surface area contributed by atoms with E-state index >= 15 is 4.39 Å². The minimum atomic E-state index is -0.715. The van der Waals surface area contributed by atoms with Gasteiger partial charge < -0.3 is 30.0 Å². The van der Waals surface area contributed by atoms with Crippen LogP contribution >= 0.6 is 11.6 Å². The fraction of sp³-hybridized carbons (Fsp3) is 0.233. The largest absolute Gasteiger partial charge is 0.397 e. The molecule has 4 aliphatic heterocycles. The molecule has 10 heterocycles. The molecule has 0 atom stereocenters. The Hall–Kier alpha value is -7.73. The fourth-order valence-corrected chi connectivity index (χ4v) is 9.82. The Labute approximate surface area is 447 Å². The third kappa shape index (κ3) is 12.0. The summed E-state index contributed by atoms with van der Waals surface area (Å²) < 4.78 is 78.4. The van der Waals surface area contributed by atoms with Crippen LogP contribution in [0.25, 0.3) is 66.9 Å². The molecule has 6 aromatic heterocycles. The first-order valence-corrected chi connectivity index (χ1v) is 25.6. The monoisotopic (exact) mass is 1060 g/mol. The van der Waals surface area contributed by atoms with Crippen molar-refractivity contribution in [1.82, 2.24) is 29.9 Å². The van der Waals surface area contributed by atoms with Crippen molar-refractivity contribution in [3.05, 3.63) is 184 Å². The van der Waals surface area contributed by atoms with E-state index in [-0.39, 0.29) is 26.8 Å². The number of nitrogens with two attached hydrogens (primary N) is 1. The number of nitrogens with one attached hydrogen (secondary N) is 1. The van der Waals surface area contributed by atoms with Gasteiger partial charge in [-0.15, -0.1) is 0 Å². The Bertz CT molecular complexity index is 3640. The molecule has 4 aliphatic rings. The van der Waals surface area contributed by atoms with Crippen molar-refractivity contribution >= 4 is 72.8 Å². The van der Waals surface area contributed by atoms with E-state index in [1.165, 1.54) is 17.2 Å². The zero-order valence-corrected chi connectivity index (χ0v) is 43.1. The van der Waals surface area contributed by atoms with Gasteiger partial charge in [0, 0.05) is 54.6 Å². The Morgan fingerprint density at radius 3 is 1.48 bits per heavy atom. The lowest BCUT2D eigenvalue weighted by molar-refractivity contribution is 0.161. The molecule has 12 rings (SSSR count). The van der Waals surface area contributed by atoms with Gasteiger partial charge in [0.2, 0.25) is 0 Å². The first-order valence-electron chi connectivity index (χ1n) is 25.2. The molecule has 0 unspecified atom stereocenters. The topological polar surface area (TPSA) is 152 Å². The van der Waals surface area contributed by atoms with E-state index in [0.29, 0.717) is 85.7 Å². The van der Waals surface area contributed by atoms with Gasteiger partial charge in [-0.1, -0.05) is 48.0 Å². The highest BCUT2D eigenvalue weighted by molar-refractivity contribution is 6.36. The van der Waals surface area contributed by atoms with E-state index in [4.69, 9.17) is 41.3 Å². The van der Waals surface area contributed by atoms with Crippen LogP contribution in [0, 0.1) is 37.1 Å². The average molecular weight is 1060 g/mol. The maximum absolute atomic E-state index is 15.3. The van der Waals surface area contributed by atoms with Crippen LogP contribution in [0.4, 0.5) is 34.6 Å². The quantitative estimate of drug-likeness (QED) is 0.139. The minimum absolute atomic E-state index is 0.130. The van der Waals surface area contributed by atoms with Crippen LogP contribution in [0.15, 0.2) is 122 Å². The lowest BCUT2D eigenvalue weighted by atomic mass is 9.98. The standard InChI is InChI=1S/C30H26F2N4O2.C15H9ClF2N2.C15H18N2O2/c1-18-28(24-4-2-3-9-33-24)35-25-16-22(31)15-23(32)27(25)29(18)36-26-14-21(19-5-10-37-11-6-19)17-34-30(26)20-7-12-38-13-8-20;1-8-14(16)13-10(18)6-9(17)7-12(13)20-15(8)11-4-2-3-5-19-11;16-14-9-13(11-1-5-18-6-2-11)10-17-15(14)12-3-7-19-8-4-12/h2-5,7,9,14-17H,6,8,10-13H2,1H3,(H,35,36);2-7H,1H3;1,3,9-10H,2,4-8,16H2. The first-order chi connectivity index (χ1) is 37.5. The van der Waals surface area contributed by atoms with Crippen LogP contribution in [-0.2, 0) is 18.9 Å². The van der Waals surface area contributed by atoms with E-state index in [9.17, 15) is 13.2 Å². The highest BCUT2D eigenvalue weighted by Gasteiger charge is 2.23. The van der Waals surface area contributed by atoms with Gasteiger partial charge >= 0.3 is 0 Å². The average Bonchev–Trinajstić information content (AvgIpc) is 3.47. The summed E-state index contributed by atoms with van der Waals surface area (Å²) in [5.74, 6) is -2.77. The summed E-state index contributed by atoms with van der Waals surface area (Å²) in [5.41, 5.74) is 20.6. The summed E-state index contributed by atoms with van der Waals surface area (Å²) in [5, 5.41) is 4.07. The second-order valence-corrected chi connectivity index (χ2v) is 18.9. The molecule has 77 heavy (non-hydrogen) atoms. The Balaban J connectivity index is 0.000000145. The summed E-state index contributed by atoms with van der Waals surface area (Å²) in [6, 6.07) is 19.0. The van der Waals surface area contributed by atoms with Crippen molar-refractivity contribution in [2.45, 2.75) is 39.5 Å². The number of pyridine rings is 6. The second kappa shape index (κ2) is 24.1. The van der Waals surface area contributed by atoms with E-state index in [0.717, 1.165) is 95.7 Å². The summed E-state index contributed by atoms with van der Waals surface area (Å²) in [4.78, 5) is 27.0. The van der Waals surface area contributed by atoms with Gasteiger partial charge in [-0.25, -0.2) is 27.5 Å². The predicted octanol–water partition coefficient (Wildman–Crippen LogP) is 13.4. The first kappa shape index (κ1) is 52.7. The molecule has 3 N–H and O–H groups in total. The van der Waals surface area contributed by atoms with Gasteiger partial charge in [0.1, 0.15) is 23.3 Å². The molecular formula is C60H53ClF4N8O4. The van der Waals surface area contributed by atoms with Gasteiger partial charge in [0.05, 0.1) is 131 Å². The predicted molar refractivity (Wildman–Crippen MR) is 294 cm³/mol. The number of fused-ring (bicyclic) bond motifs is 2. The molecule has 8 aromatic rings. The van der Waals surface area contributed by atoms with Crippen molar-refractivity contribution in [3.63, 3.8) is 0 Å². The molecule has 0 fully saturated rings. The molecule has 12 nitrogen and oxygen atoms in total. The van der Waals surface area contributed by atoms with Crippen LogP contribution in [0.2, 0.25) is 5.02 Å². The number of rotatable bonds is 8. The maximum Gasteiger partial charge on any atom is 0.137 e. The number of ether oxygens (including phenoxy) is 4. The molecule has 0 amide bonds. The molecule has 0 bridgehead atoms. The summed E-state index contributed by atoms with van der Waals surface area (Å²) in [6.45, 7) is 8.78. The van der Waals surface area contributed by atoms with Crippen LogP contribution in [0.3, 0.4) is 0 Å². The zero-order chi connectivity index (χ0) is 53.4. The number of nitrogen functional groups attached to an aromatic ring is 1. The molecule has 0 saturated heterocycles. The van der Waals surface area contributed by atoms with Crippen LogP contribution in [0.5, 0.6) is 0 Å². The third-order valence-electron chi connectivity index (χ3n) is 13.5. The summed E-state index contributed by atoms with van der Waals surface area (Å²) in [6.07, 6.45) is 18.7. The van der Waals surface area contributed by atoms with Crippen LogP contribution in [-0.4, -0.2) is 82.8 Å². The van der Waals surface area contributed by atoms with E-state index in [2.05, 4.69) is 48.5 Å². The molecule has 0 aliphatic carbocycles. The van der Waals surface area contributed by atoms with Gasteiger partial charge in [0.25, 0.3) is 0 Å². The molecule has 0 radical (unpaired) electrons. The highest BCUT2D eigenvalue weighted by Crippen LogP contribution is 2.40. The lowest BCUT2D eigenvalue weighted by Crippen LogP contribution is -2.10. The number of aromatic nitrogens is 6. The third-order valence-corrected chi connectivity index (χ3v) is 14.0. The van der Waals surface area contributed by atoms with Gasteiger partial charge in [-0.05, 0) is 115 Å². The molecular weight excluding hydrogens is 1010 g/mol. The summed E-state index contributed by atoms with van der Waals surface area (Å²) >= 11 is 6.21. The molecule has 392 valence electrons. The lowest BCUT2D eigenvalue weighted by Gasteiger charge is -2.22. The fourth-order valence-electron chi connectivity index (χ4n) is 9.54. The van der Waals surface area contributed by atoms with Crippen molar-refractivity contribution in [2.75, 3.05) is 63.9 Å². The Kier molecular flexibility index (Phi) is 16.5. The smallest absolute Gasteiger partial charge is 0.137 e. The summed E-state index contributed by atoms with van der Waals surface area (Å²) in [7, 11) is 0. The van der Waals surface area contributed by atoms with Crippen molar-refractivity contribution < 1.29 is 36.5 Å². The van der Waals surface area contributed by atoms with Crippen molar-refractivity contribution in [2.24, 2.45) is 0 Å². The molecule has 2 aromatic carbocycles. The molecule has 0 saturated carbocycles. The van der Waals surface area contributed by atoms with Gasteiger partial charge in [-0.2, -0.15) is 0 Å². The number of halogens is 5. The normalized spacial score (nSPS) is 15.5. The number of nitrogens with zero attached hydrogens (tertiary/aromatic N) is 6. The van der Waals surface area contributed by atoms with Crippen LogP contribution in [0.1, 0.15) is 59.3 Å². The Morgan fingerprint density at radius 2 is 0.987 bits per heavy atom. The van der Waals surface area contributed by atoms with E-state index in [1.54, 1.807) is 31.5 Å². The van der Waals surface area contributed by atoms with E-state index < -0.39 is 23.3 Å². The molecule has 17 heteroatoms. The number of hydrogen-bond donors (Lipinski definition) is 2. The van der Waals surface area contributed by atoms with Crippen molar-refractivity contribution in [3.8, 4) is 22.8 Å². The zero-order valence-electron chi connectivity index (χ0n) is 42.3. The van der Waals surface area contributed by atoms with Crippen LogP contribution < -0.4 is 11.1 Å². The second-order valence-electron chi connectivity index (χ2n) is 18.5. The number of anilines is 3. The van der Waals surface area contributed by atoms with Gasteiger partial charge in [0.15, 0.2) is 0 Å². The SMILES string of the molecule is Cc1c(-c2ccccn2)nc2cc(F)cc(F)c2c1Cl.Cc1c(-c2ccccn2)nc2cc(F)cc(F)c2c1Nc1cc(C2=CCOCC2)cnc1C1=CCOCC1.Nc1cc(C2=CCOCC2)cnc1C1=CCOCC1.